The van der Waals surface area contributed by atoms with Crippen LogP contribution in [0, 0.1) is 5.92 Å². The van der Waals surface area contributed by atoms with Crippen LogP contribution in [0.5, 0.6) is 0 Å². The molecule has 1 aliphatic heterocycles. The van der Waals surface area contributed by atoms with E-state index in [0.29, 0.717) is 31.0 Å². The minimum absolute atomic E-state index is 0.0501. The van der Waals surface area contributed by atoms with Crippen LogP contribution >= 0.6 is 0 Å². The fourth-order valence-electron chi connectivity index (χ4n) is 2.85. The zero-order valence-corrected chi connectivity index (χ0v) is 12.3. The molecular weight excluding hydrogens is 266 g/mol. The highest BCUT2D eigenvalue weighted by Gasteiger charge is 2.24. The molecule has 0 spiro atoms. The van der Waals surface area contributed by atoms with Crippen LogP contribution in [-0.4, -0.2) is 29.8 Å². The first-order valence-electron chi connectivity index (χ1n) is 7.46. The van der Waals surface area contributed by atoms with Gasteiger partial charge in [0.25, 0.3) is 5.91 Å². The highest BCUT2D eigenvalue weighted by molar-refractivity contribution is 5.94. The molecule has 1 aromatic carbocycles. The highest BCUT2D eigenvalue weighted by Crippen LogP contribution is 2.22. The third-order valence-corrected chi connectivity index (χ3v) is 4.01. The van der Waals surface area contributed by atoms with Crippen LogP contribution in [0.15, 0.2) is 24.3 Å². The second-order valence-electron chi connectivity index (χ2n) is 5.67. The van der Waals surface area contributed by atoms with Gasteiger partial charge in [0.2, 0.25) is 5.91 Å². The molecule has 1 aromatic rings. The monoisotopic (exact) mass is 289 g/mol. The number of carbonyl (C=O) groups excluding carboxylic acids is 2. The smallest absolute Gasteiger partial charge is 0.253 e. The maximum absolute atomic E-state index is 12.5. The topological polar surface area (TPSA) is 89.4 Å². The second-order valence-corrected chi connectivity index (χ2v) is 5.67. The molecular formula is C16H23N3O2. The van der Waals surface area contributed by atoms with E-state index in [0.717, 1.165) is 31.4 Å². The maximum Gasteiger partial charge on any atom is 0.253 e. The molecule has 1 aliphatic rings. The minimum Gasteiger partial charge on any atom is -0.370 e. The van der Waals surface area contributed by atoms with Crippen molar-refractivity contribution in [3.05, 3.63) is 35.4 Å². The van der Waals surface area contributed by atoms with Crippen molar-refractivity contribution in [1.29, 1.82) is 0 Å². The molecule has 1 saturated heterocycles. The molecule has 114 valence electrons. The summed E-state index contributed by atoms with van der Waals surface area (Å²) in [4.78, 5) is 25.3. The summed E-state index contributed by atoms with van der Waals surface area (Å²) in [5, 5.41) is 0. The normalized spacial score (nSPS) is 18.5. The van der Waals surface area contributed by atoms with Crippen molar-refractivity contribution in [2.75, 3.05) is 13.1 Å². The van der Waals surface area contributed by atoms with E-state index in [2.05, 4.69) is 0 Å². The lowest BCUT2D eigenvalue weighted by Crippen LogP contribution is -2.40. The van der Waals surface area contributed by atoms with E-state index in [9.17, 15) is 9.59 Å². The van der Waals surface area contributed by atoms with E-state index in [1.165, 1.54) is 0 Å². The van der Waals surface area contributed by atoms with E-state index in [4.69, 9.17) is 11.5 Å². The van der Waals surface area contributed by atoms with Gasteiger partial charge in [-0.2, -0.15) is 0 Å². The van der Waals surface area contributed by atoms with E-state index < -0.39 is 0 Å². The average molecular weight is 289 g/mol. The zero-order chi connectivity index (χ0) is 15.2. The van der Waals surface area contributed by atoms with Crippen molar-refractivity contribution in [3.8, 4) is 0 Å². The van der Waals surface area contributed by atoms with Gasteiger partial charge in [-0.1, -0.05) is 12.1 Å². The maximum atomic E-state index is 12.5. The van der Waals surface area contributed by atoms with Gasteiger partial charge in [-0.05, 0) is 42.9 Å². The number of nitrogens with zero attached hydrogens (tertiary/aromatic N) is 1. The largest absolute Gasteiger partial charge is 0.370 e. The van der Waals surface area contributed by atoms with E-state index in [-0.39, 0.29) is 11.8 Å². The van der Waals surface area contributed by atoms with Gasteiger partial charge in [0.05, 0.1) is 0 Å². The molecule has 0 aliphatic carbocycles. The number of likely N-dealkylation sites (tertiary alicyclic amines) is 1. The van der Waals surface area contributed by atoms with Crippen molar-refractivity contribution < 1.29 is 9.59 Å². The third-order valence-electron chi connectivity index (χ3n) is 4.01. The van der Waals surface area contributed by atoms with Gasteiger partial charge in [-0.15, -0.1) is 0 Å². The highest BCUT2D eigenvalue weighted by atomic mass is 16.2. The number of benzene rings is 1. The fraction of sp³-hybridized carbons (Fsp3) is 0.500. The molecule has 0 bridgehead atoms. The Kier molecular flexibility index (Phi) is 5.33. The van der Waals surface area contributed by atoms with Crippen molar-refractivity contribution in [3.63, 3.8) is 0 Å². The van der Waals surface area contributed by atoms with E-state index >= 15 is 0 Å². The number of nitrogens with two attached hydrogens (primary N) is 2. The molecule has 4 N–H and O–H groups in total. The first kappa shape index (κ1) is 15.5. The van der Waals surface area contributed by atoms with E-state index in [1.807, 2.05) is 29.2 Å². The summed E-state index contributed by atoms with van der Waals surface area (Å²) in [5.41, 5.74) is 12.5. The number of primary amides is 1. The lowest BCUT2D eigenvalue weighted by atomic mass is 9.93. The molecule has 0 aromatic heterocycles. The summed E-state index contributed by atoms with van der Waals surface area (Å²) in [7, 11) is 0. The second kappa shape index (κ2) is 7.22. The third kappa shape index (κ3) is 4.29. The summed E-state index contributed by atoms with van der Waals surface area (Å²) in [6.45, 7) is 1.92. The van der Waals surface area contributed by atoms with Crippen LogP contribution in [0.25, 0.3) is 0 Å². The summed E-state index contributed by atoms with van der Waals surface area (Å²) in [5.74, 6) is 0.149. The molecule has 0 saturated carbocycles. The van der Waals surface area contributed by atoms with Gasteiger partial charge in [0.15, 0.2) is 0 Å². The lowest BCUT2D eigenvalue weighted by molar-refractivity contribution is -0.118. The van der Waals surface area contributed by atoms with Crippen LogP contribution in [0.4, 0.5) is 0 Å². The SMILES string of the molecule is NCc1cccc(C(=O)N2CCCC(CCC(N)=O)C2)c1. The Labute approximate surface area is 125 Å². The first-order valence-corrected chi connectivity index (χ1v) is 7.46. The Balaban J connectivity index is 1.99. The molecule has 0 radical (unpaired) electrons. The van der Waals surface area contributed by atoms with Crippen LogP contribution in [0.1, 0.15) is 41.6 Å². The van der Waals surface area contributed by atoms with Gasteiger partial charge < -0.3 is 16.4 Å². The molecule has 5 heteroatoms. The number of rotatable bonds is 5. The van der Waals surface area contributed by atoms with Gasteiger partial charge >= 0.3 is 0 Å². The summed E-state index contributed by atoms with van der Waals surface area (Å²) >= 11 is 0. The van der Waals surface area contributed by atoms with Gasteiger partial charge in [0.1, 0.15) is 0 Å². The summed E-state index contributed by atoms with van der Waals surface area (Å²) < 4.78 is 0. The number of amides is 2. The Morgan fingerprint density at radius 1 is 1.33 bits per heavy atom. The predicted molar refractivity (Wildman–Crippen MR) is 81.4 cm³/mol. The molecule has 1 fully saturated rings. The number of piperidine rings is 1. The van der Waals surface area contributed by atoms with Crippen molar-refractivity contribution in [1.82, 2.24) is 4.90 Å². The standard InChI is InChI=1S/C16H23N3O2/c17-10-13-3-1-5-14(9-13)16(21)19-8-2-4-12(11-19)6-7-15(18)20/h1,3,5,9,12H,2,4,6-8,10-11,17H2,(H2,18,20). The van der Waals surface area contributed by atoms with Crippen LogP contribution in [0.3, 0.4) is 0 Å². The van der Waals surface area contributed by atoms with Crippen molar-refractivity contribution >= 4 is 11.8 Å². The molecule has 1 atom stereocenters. The molecule has 5 nitrogen and oxygen atoms in total. The molecule has 1 heterocycles. The van der Waals surface area contributed by atoms with E-state index in [1.54, 1.807) is 0 Å². The summed E-state index contributed by atoms with van der Waals surface area (Å²) in [6.07, 6.45) is 3.20. The van der Waals surface area contributed by atoms with Gasteiger partial charge in [0, 0.05) is 31.6 Å². The van der Waals surface area contributed by atoms with Gasteiger partial charge in [-0.25, -0.2) is 0 Å². The first-order chi connectivity index (χ1) is 10.1. The Morgan fingerprint density at radius 3 is 2.86 bits per heavy atom. The fourth-order valence-corrected chi connectivity index (χ4v) is 2.85. The quantitative estimate of drug-likeness (QED) is 0.855. The predicted octanol–water partition coefficient (Wildman–Crippen LogP) is 1.26. The number of hydrogen-bond donors (Lipinski definition) is 2. The van der Waals surface area contributed by atoms with Gasteiger partial charge in [-0.3, -0.25) is 9.59 Å². The van der Waals surface area contributed by atoms with Crippen molar-refractivity contribution in [2.24, 2.45) is 17.4 Å². The Morgan fingerprint density at radius 2 is 2.14 bits per heavy atom. The summed E-state index contributed by atoms with van der Waals surface area (Å²) in [6, 6.07) is 7.47. The van der Waals surface area contributed by atoms with Crippen LogP contribution in [0.2, 0.25) is 0 Å². The zero-order valence-electron chi connectivity index (χ0n) is 12.3. The van der Waals surface area contributed by atoms with Crippen molar-refractivity contribution in [2.45, 2.75) is 32.2 Å². The number of hydrogen-bond acceptors (Lipinski definition) is 3. The molecule has 2 amide bonds. The molecule has 1 unspecified atom stereocenters. The number of carbonyl (C=O) groups is 2. The molecule has 21 heavy (non-hydrogen) atoms. The molecule has 2 rings (SSSR count). The van der Waals surface area contributed by atoms with Crippen LogP contribution < -0.4 is 11.5 Å². The Hall–Kier alpha value is -1.88. The minimum atomic E-state index is -0.269. The van der Waals surface area contributed by atoms with Crippen LogP contribution in [-0.2, 0) is 11.3 Å². The lowest BCUT2D eigenvalue weighted by Gasteiger charge is -2.32. The Bertz CT molecular complexity index is 516. The average Bonchev–Trinajstić information content (AvgIpc) is 2.52.